The van der Waals surface area contributed by atoms with Crippen LogP contribution < -0.4 is 5.32 Å². The van der Waals surface area contributed by atoms with Gasteiger partial charge in [0.2, 0.25) is 0 Å². The highest BCUT2D eigenvalue weighted by molar-refractivity contribution is 7.98. The number of thioether (sulfide) groups is 1. The highest BCUT2D eigenvalue weighted by atomic mass is 32.2. The number of nitrogens with one attached hydrogen (secondary N) is 1. The molecule has 1 aromatic rings. The average molecular weight is 197 g/mol. The first-order valence-corrected chi connectivity index (χ1v) is 5.69. The van der Waals surface area contributed by atoms with Crippen LogP contribution in [0.1, 0.15) is 18.0 Å². The SMILES string of the molecule is CNC(CCSC)c1cncnc1. The van der Waals surface area contributed by atoms with Gasteiger partial charge in [0, 0.05) is 24.0 Å². The van der Waals surface area contributed by atoms with Crippen LogP contribution >= 0.6 is 11.8 Å². The molecular formula is C9H15N3S. The van der Waals surface area contributed by atoms with Gasteiger partial charge in [-0.05, 0) is 25.5 Å². The van der Waals surface area contributed by atoms with Gasteiger partial charge in [-0.25, -0.2) is 9.97 Å². The number of hydrogen-bond acceptors (Lipinski definition) is 4. The van der Waals surface area contributed by atoms with Crippen molar-refractivity contribution in [3.05, 3.63) is 24.3 Å². The maximum Gasteiger partial charge on any atom is 0.115 e. The fourth-order valence-corrected chi connectivity index (χ4v) is 1.68. The van der Waals surface area contributed by atoms with Gasteiger partial charge in [0.25, 0.3) is 0 Å². The van der Waals surface area contributed by atoms with E-state index >= 15 is 0 Å². The van der Waals surface area contributed by atoms with Crippen LogP contribution in [0.3, 0.4) is 0 Å². The Balaban J connectivity index is 2.56. The van der Waals surface area contributed by atoms with Gasteiger partial charge in [0.1, 0.15) is 6.33 Å². The predicted octanol–water partition coefficient (Wildman–Crippen LogP) is 1.49. The topological polar surface area (TPSA) is 37.8 Å². The van der Waals surface area contributed by atoms with Gasteiger partial charge in [-0.2, -0.15) is 11.8 Å². The summed E-state index contributed by atoms with van der Waals surface area (Å²) in [5.74, 6) is 1.15. The quantitative estimate of drug-likeness (QED) is 0.776. The second kappa shape index (κ2) is 5.94. The van der Waals surface area contributed by atoms with Crippen molar-refractivity contribution in [2.75, 3.05) is 19.1 Å². The van der Waals surface area contributed by atoms with Gasteiger partial charge in [-0.15, -0.1) is 0 Å². The molecule has 1 N–H and O–H groups in total. The Hall–Kier alpha value is -0.610. The first kappa shape index (κ1) is 10.5. The molecule has 1 rings (SSSR count). The normalized spacial score (nSPS) is 12.8. The Morgan fingerprint density at radius 2 is 2.15 bits per heavy atom. The molecule has 1 aromatic heterocycles. The molecule has 0 amide bonds. The van der Waals surface area contributed by atoms with Crippen LogP contribution in [-0.4, -0.2) is 29.0 Å². The molecule has 1 heterocycles. The highest BCUT2D eigenvalue weighted by Gasteiger charge is 2.07. The van der Waals surface area contributed by atoms with Crippen molar-refractivity contribution in [2.24, 2.45) is 0 Å². The average Bonchev–Trinajstić information content (AvgIpc) is 2.21. The lowest BCUT2D eigenvalue weighted by atomic mass is 10.1. The predicted molar refractivity (Wildman–Crippen MR) is 56.8 cm³/mol. The zero-order chi connectivity index (χ0) is 9.52. The fraction of sp³-hybridized carbons (Fsp3) is 0.556. The van der Waals surface area contributed by atoms with Gasteiger partial charge in [0.05, 0.1) is 0 Å². The summed E-state index contributed by atoms with van der Waals surface area (Å²) in [5, 5.41) is 3.26. The van der Waals surface area contributed by atoms with Crippen molar-refractivity contribution in [3.63, 3.8) is 0 Å². The molecule has 3 nitrogen and oxygen atoms in total. The zero-order valence-electron chi connectivity index (χ0n) is 8.03. The summed E-state index contributed by atoms with van der Waals surface area (Å²) in [4.78, 5) is 8.01. The molecule has 0 radical (unpaired) electrons. The third-order valence-electron chi connectivity index (χ3n) is 1.94. The van der Waals surface area contributed by atoms with Gasteiger partial charge >= 0.3 is 0 Å². The second-order valence-electron chi connectivity index (χ2n) is 2.79. The molecule has 0 saturated carbocycles. The van der Waals surface area contributed by atoms with E-state index in [1.807, 2.05) is 31.2 Å². The largest absolute Gasteiger partial charge is 0.313 e. The summed E-state index contributed by atoms with van der Waals surface area (Å²) >= 11 is 1.86. The summed E-state index contributed by atoms with van der Waals surface area (Å²) in [6.45, 7) is 0. The Labute approximate surface area is 83.4 Å². The number of nitrogens with zero attached hydrogens (tertiary/aromatic N) is 2. The fourth-order valence-electron chi connectivity index (χ4n) is 1.20. The van der Waals surface area contributed by atoms with E-state index in [1.165, 1.54) is 5.56 Å². The standard InChI is InChI=1S/C9H15N3S/c1-10-9(3-4-13-2)8-5-11-7-12-6-8/h5-7,9-10H,3-4H2,1-2H3. The third kappa shape index (κ3) is 3.32. The van der Waals surface area contributed by atoms with E-state index in [4.69, 9.17) is 0 Å². The Morgan fingerprint density at radius 3 is 2.69 bits per heavy atom. The Morgan fingerprint density at radius 1 is 1.46 bits per heavy atom. The summed E-state index contributed by atoms with van der Waals surface area (Å²) in [7, 11) is 1.97. The van der Waals surface area contributed by atoms with Crippen LogP contribution in [0.4, 0.5) is 0 Å². The van der Waals surface area contributed by atoms with Crippen LogP contribution in [0.2, 0.25) is 0 Å². The molecular weight excluding hydrogens is 182 g/mol. The summed E-state index contributed by atoms with van der Waals surface area (Å²) < 4.78 is 0. The molecule has 0 fully saturated rings. The summed E-state index contributed by atoms with van der Waals surface area (Å²) in [6, 6.07) is 0.383. The van der Waals surface area contributed by atoms with E-state index in [1.54, 1.807) is 6.33 Å². The molecule has 13 heavy (non-hydrogen) atoms. The molecule has 1 unspecified atom stereocenters. The van der Waals surface area contributed by atoms with Crippen molar-refractivity contribution in [2.45, 2.75) is 12.5 Å². The van der Waals surface area contributed by atoms with Crippen molar-refractivity contribution in [1.82, 2.24) is 15.3 Å². The van der Waals surface area contributed by atoms with Crippen LogP contribution in [0, 0.1) is 0 Å². The maximum absolute atomic E-state index is 4.00. The molecule has 4 heteroatoms. The van der Waals surface area contributed by atoms with Crippen LogP contribution in [0.25, 0.3) is 0 Å². The number of hydrogen-bond donors (Lipinski definition) is 1. The Bertz CT molecular complexity index is 228. The molecule has 0 aliphatic heterocycles. The van der Waals surface area contributed by atoms with Crippen molar-refractivity contribution < 1.29 is 0 Å². The molecule has 0 aliphatic rings. The van der Waals surface area contributed by atoms with Crippen LogP contribution in [0.5, 0.6) is 0 Å². The monoisotopic (exact) mass is 197 g/mol. The van der Waals surface area contributed by atoms with Crippen molar-refractivity contribution >= 4 is 11.8 Å². The van der Waals surface area contributed by atoms with E-state index in [-0.39, 0.29) is 0 Å². The first-order chi connectivity index (χ1) is 6.38. The molecule has 0 spiro atoms. The molecule has 0 saturated heterocycles. The minimum Gasteiger partial charge on any atom is -0.313 e. The van der Waals surface area contributed by atoms with Gasteiger partial charge in [-0.1, -0.05) is 0 Å². The maximum atomic E-state index is 4.00. The summed E-state index contributed by atoms with van der Waals surface area (Å²) in [6.07, 6.45) is 8.53. The summed E-state index contributed by atoms with van der Waals surface area (Å²) in [5.41, 5.74) is 1.17. The number of aromatic nitrogens is 2. The lowest BCUT2D eigenvalue weighted by Gasteiger charge is -2.14. The van der Waals surface area contributed by atoms with E-state index in [2.05, 4.69) is 21.5 Å². The van der Waals surface area contributed by atoms with E-state index in [9.17, 15) is 0 Å². The van der Waals surface area contributed by atoms with Crippen LogP contribution in [0.15, 0.2) is 18.7 Å². The van der Waals surface area contributed by atoms with Crippen LogP contribution in [-0.2, 0) is 0 Å². The lowest BCUT2D eigenvalue weighted by Crippen LogP contribution is -2.17. The minimum atomic E-state index is 0.383. The highest BCUT2D eigenvalue weighted by Crippen LogP contribution is 2.15. The van der Waals surface area contributed by atoms with Crippen molar-refractivity contribution in [3.8, 4) is 0 Å². The van der Waals surface area contributed by atoms with Crippen molar-refractivity contribution in [1.29, 1.82) is 0 Å². The minimum absolute atomic E-state index is 0.383. The van der Waals surface area contributed by atoms with E-state index < -0.39 is 0 Å². The molecule has 72 valence electrons. The molecule has 1 atom stereocenters. The van der Waals surface area contributed by atoms with Gasteiger partial charge in [0.15, 0.2) is 0 Å². The second-order valence-corrected chi connectivity index (χ2v) is 3.78. The molecule has 0 aliphatic carbocycles. The zero-order valence-corrected chi connectivity index (χ0v) is 8.84. The lowest BCUT2D eigenvalue weighted by molar-refractivity contribution is 0.577. The number of rotatable bonds is 5. The van der Waals surface area contributed by atoms with Gasteiger partial charge in [-0.3, -0.25) is 0 Å². The first-order valence-electron chi connectivity index (χ1n) is 4.29. The van der Waals surface area contributed by atoms with E-state index in [0.717, 1.165) is 12.2 Å². The molecule has 0 aromatic carbocycles. The molecule has 0 bridgehead atoms. The smallest absolute Gasteiger partial charge is 0.115 e. The Kier molecular flexibility index (Phi) is 4.78. The van der Waals surface area contributed by atoms with Gasteiger partial charge < -0.3 is 5.32 Å². The third-order valence-corrected chi connectivity index (χ3v) is 2.59. The van der Waals surface area contributed by atoms with E-state index in [0.29, 0.717) is 6.04 Å².